The van der Waals surface area contributed by atoms with E-state index < -0.39 is 33.8 Å². The lowest BCUT2D eigenvalue weighted by molar-refractivity contribution is -0.135. The van der Waals surface area contributed by atoms with Gasteiger partial charge in [0.2, 0.25) is 16.7 Å². The number of carbonyl (C=O) groups is 2. The number of amides is 2. The van der Waals surface area contributed by atoms with Crippen LogP contribution in [-0.2, 0) is 28.9 Å². The van der Waals surface area contributed by atoms with Crippen LogP contribution in [0.25, 0.3) is 10.9 Å². The Balaban J connectivity index is 1.48. The van der Waals surface area contributed by atoms with Gasteiger partial charge in [0.25, 0.3) is 5.56 Å². The van der Waals surface area contributed by atoms with Gasteiger partial charge in [-0.1, -0.05) is 21.9 Å². The van der Waals surface area contributed by atoms with Gasteiger partial charge in [-0.15, -0.1) is 0 Å². The number of fused-ring (bicyclic) bond motifs is 1. The molecule has 2 saturated heterocycles. The average molecular weight is 575 g/mol. The van der Waals surface area contributed by atoms with Crippen LogP contribution in [0, 0.1) is 6.92 Å². The highest BCUT2D eigenvalue weighted by molar-refractivity contribution is 7.99. The summed E-state index contributed by atoms with van der Waals surface area (Å²) in [6, 6.07) is 7.93. The first-order chi connectivity index (χ1) is 18.6. The maximum absolute atomic E-state index is 13.6. The molecule has 1 aromatic heterocycles. The number of anilines is 1. The van der Waals surface area contributed by atoms with Crippen molar-refractivity contribution in [2.24, 2.45) is 0 Å². The third kappa shape index (κ3) is 5.69. The third-order valence-electron chi connectivity index (χ3n) is 6.77. The molecule has 2 N–H and O–H groups in total. The standard InChI is InChI=1S/C26H27ClN4O7S/c1-15-28-24-18(26(34)31(15)20-9-11-23(32)29-25(20)33)6-4-7-19(24)30-39(35,36)22-13-16(27)8-10-21(22)38-14-17-5-2-3-12-37-17/h4,6-8,10,13,17,20H,2-3,5,9,11-12,14H2,1H3,(H2-,29,30,32,33,35,36). The smallest absolute Gasteiger partial charge is 0.262 e. The fourth-order valence-electron chi connectivity index (χ4n) is 4.84. The van der Waals surface area contributed by atoms with Crippen LogP contribution in [-0.4, -0.2) is 45.2 Å². The Kier molecular flexibility index (Phi) is 7.72. The highest BCUT2D eigenvalue weighted by Gasteiger charge is 2.32. The summed E-state index contributed by atoms with van der Waals surface area (Å²) in [7, 11) is -4.23. The van der Waals surface area contributed by atoms with Gasteiger partial charge in [0, 0.05) is 24.1 Å². The molecule has 206 valence electrons. The monoisotopic (exact) mass is 574 g/mol. The molecule has 0 bridgehead atoms. The molecule has 11 nitrogen and oxygen atoms in total. The molecular weight excluding hydrogens is 548 g/mol. The maximum Gasteiger partial charge on any atom is 0.262 e. The first-order valence-corrected chi connectivity index (χ1v) is 14.4. The summed E-state index contributed by atoms with van der Waals surface area (Å²) in [6.45, 7) is 2.38. The Bertz CT molecular complexity index is 1550. The zero-order chi connectivity index (χ0) is 27.7. The van der Waals surface area contributed by atoms with Gasteiger partial charge in [-0.2, -0.15) is 0 Å². The number of nitrogens with one attached hydrogen (secondary N) is 2. The van der Waals surface area contributed by atoms with E-state index in [9.17, 15) is 23.1 Å². The molecule has 0 aliphatic carbocycles. The average Bonchev–Trinajstić information content (AvgIpc) is 2.90. The van der Waals surface area contributed by atoms with Crippen LogP contribution >= 0.6 is 11.6 Å². The number of imide groups is 1. The van der Waals surface area contributed by atoms with E-state index in [1.807, 2.05) is 0 Å². The summed E-state index contributed by atoms with van der Waals surface area (Å²) in [5.74, 6) is -0.664. The second-order valence-electron chi connectivity index (χ2n) is 9.50. The van der Waals surface area contributed by atoms with Crippen LogP contribution < -0.4 is 20.3 Å². The van der Waals surface area contributed by atoms with Crippen LogP contribution in [0.5, 0.6) is 5.75 Å². The SMILES string of the molecule is Cc1nc2c(N[S+](=O)([O-])c3cc(Cl)ccc3OCC3CCCCO3)cccc2c(=O)n1C1CCC(=O)NC1=O. The van der Waals surface area contributed by atoms with Crippen LogP contribution in [0.15, 0.2) is 46.1 Å². The summed E-state index contributed by atoms with van der Waals surface area (Å²) in [4.78, 5) is 41.7. The van der Waals surface area contributed by atoms with Crippen molar-refractivity contribution in [2.45, 2.75) is 56.1 Å². The number of sulfonamides is 1. The van der Waals surface area contributed by atoms with E-state index in [-0.39, 0.29) is 63.6 Å². The van der Waals surface area contributed by atoms with E-state index in [0.717, 1.165) is 19.3 Å². The predicted molar refractivity (Wildman–Crippen MR) is 143 cm³/mol. The Morgan fingerprint density at radius 2 is 2.05 bits per heavy atom. The molecule has 2 fully saturated rings. The third-order valence-corrected chi connectivity index (χ3v) is 8.39. The minimum Gasteiger partial charge on any atom is -0.588 e. The van der Waals surface area contributed by atoms with E-state index in [4.69, 9.17) is 21.1 Å². The van der Waals surface area contributed by atoms with Gasteiger partial charge >= 0.3 is 0 Å². The summed E-state index contributed by atoms with van der Waals surface area (Å²) < 4.78 is 42.4. The number of ether oxygens (including phenoxy) is 2. The molecule has 13 heteroatoms. The lowest BCUT2D eigenvalue weighted by atomic mass is 10.1. The second kappa shape index (κ2) is 11.0. The van der Waals surface area contributed by atoms with Crippen molar-refractivity contribution in [1.82, 2.24) is 14.9 Å². The van der Waals surface area contributed by atoms with Crippen LogP contribution in [0.1, 0.15) is 44.0 Å². The summed E-state index contributed by atoms with van der Waals surface area (Å²) in [5.41, 5.74) is -0.329. The molecule has 2 aromatic carbocycles. The zero-order valence-electron chi connectivity index (χ0n) is 21.1. The number of para-hydroxylation sites is 1. The van der Waals surface area contributed by atoms with Crippen molar-refractivity contribution < 1.29 is 27.8 Å². The van der Waals surface area contributed by atoms with Crippen LogP contribution in [0.3, 0.4) is 0 Å². The molecule has 2 amide bonds. The van der Waals surface area contributed by atoms with E-state index in [0.29, 0.717) is 6.61 Å². The van der Waals surface area contributed by atoms with Gasteiger partial charge in [-0.05, 0) is 56.9 Å². The number of rotatable bonds is 7. The number of nitrogens with zero attached hydrogens (tertiary/aromatic N) is 2. The summed E-state index contributed by atoms with van der Waals surface area (Å²) in [6.07, 6.45) is 2.95. The molecule has 0 saturated carbocycles. The van der Waals surface area contributed by atoms with E-state index in [1.54, 1.807) is 6.92 Å². The number of hydrogen-bond donors (Lipinski definition) is 2. The molecule has 0 radical (unpaired) electrons. The lowest BCUT2D eigenvalue weighted by Gasteiger charge is -2.25. The highest BCUT2D eigenvalue weighted by atomic mass is 35.5. The quantitative estimate of drug-likeness (QED) is 0.322. The zero-order valence-corrected chi connectivity index (χ0v) is 22.7. The lowest BCUT2D eigenvalue weighted by Crippen LogP contribution is -2.45. The Morgan fingerprint density at radius 3 is 2.79 bits per heavy atom. The fraction of sp³-hybridized carbons (Fsp3) is 0.385. The van der Waals surface area contributed by atoms with Crippen molar-refractivity contribution >= 4 is 50.4 Å². The number of halogens is 1. The second-order valence-corrected chi connectivity index (χ2v) is 11.6. The van der Waals surface area contributed by atoms with E-state index >= 15 is 0 Å². The van der Waals surface area contributed by atoms with Crippen molar-refractivity contribution in [1.29, 1.82) is 0 Å². The predicted octanol–water partition coefficient (Wildman–Crippen LogP) is 3.30. The molecule has 5 rings (SSSR count). The molecule has 3 atom stereocenters. The van der Waals surface area contributed by atoms with Crippen LogP contribution in [0.2, 0.25) is 5.02 Å². The largest absolute Gasteiger partial charge is 0.588 e. The number of aryl methyl sites for hydroxylation is 1. The molecule has 3 unspecified atom stereocenters. The number of hydrogen-bond acceptors (Lipinski definition) is 8. The number of aromatic nitrogens is 2. The van der Waals surface area contributed by atoms with Gasteiger partial charge in [-0.25, -0.2) is 9.71 Å². The van der Waals surface area contributed by atoms with E-state index in [1.165, 1.54) is 41.0 Å². The molecule has 2 aliphatic rings. The molecule has 39 heavy (non-hydrogen) atoms. The molecule has 2 aliphatic heterocycles. The van der Waals surface area contributed by atoms with Gasteiger partial charge < -0.3 is 14.0 Å². The van der Waals surface area contributed by atoms with Crippen molar-refractivity contribution in [2.75, 3.05) is 17.9 Å². The Hall–Kier alpha value is -3.32. The van der Waals surface area contributed by atoms with Crippen LogP contribution in [0.4, 0.5) is 5.69 Å². The summed E-state index contributed by atoms with van der Waals surface area (Å²) in [5, 5.41) is 2.56. The topological polar surface area (TPSA) is 152 Å². The Labute approximate surface area is 230 Å². The van der Waals surface area contributed by atoms with Crippen molar-refractivity contribution in [3.63, 3.8) is 0 Å². The molecule has 0 spiro atoms. The minimum absolute atomic E-state index is 0.0738. The molecule has 3 heterocycles. The van der Waals surface area contributed by atoms with Crippen molar-refractivity contribution in [3.05, 3.63) is 57.6 Å². The molecule has 3 aromatic rings. The van der Waals surface area contributed by atoms with Gasteiger partial charge in [0.15, 0.2) is 16.1 Å². The summed E-state index contributed by atoms with van der Waals surface area (Å²) >= 11 is 6.14. The Morgan fingerprint density at radius 1 is 1.23 bits per heavy atom. The molecular formula is C26H27ClN4O7S. The minimum atomic E-state index is -4.23. The van der Waals surface area contributed by atoms with E-state index in [2.05, 4.69) is 15.0 Å². The highest BCUT2D eigenvalue weighted by Crippen LogP contribution is 2.34. The normalized spacial score (nSPS) is 21.3. The number of benzene rings is 2. The first-order valence-electron chi connectivity index (χ1n) is 12.6. The fourth-order valence-corrected chi connectivity index (χ4v) is 6.31. The maximum atomic E-state index is 13.6. The number of carbonyl (C=O) groups excluding carboxylic acids is 2. The van der Waals surface area contributed by atoms with Gasteiger partial charge in [0.1, 0.15) is 29.7 Å². The first kappa shape index (κ1) is 27.3. The van der Waals surface area contributed by atoms with Gasteiger partial charge in [-0.3, -0.25) is 24.3 Å². The number of piperidine rings is 1. The van der Waals surface area contributed by atoms with Gasteiger partial charge in [0.05, 0.1) is 11.5 Å². The van der Waals surface area contributed by atoms with Crippen molar-refractivity contribution in [3.8, 4) is 5.75 Å².